The van der Waals surface area contributed by atoms with E-state index in [1.54, 1.807) is 12.1 Å². The van der Waals surface area contributed by atoms with E-state index in [1.807, 2.05) is 0 Å². The monoisotopic (exact) mass is 265 g/mol. The second kappa shape index (κ2) is 6.15. The van der Waals surface area contributed by atoms with Crippen LogP contribution in [0.3, 0.4) is 0 Å². The molecule has 1 aromatic carbocycles. The second-order valence-electron chi connectivity index (χ2n) is 5.33. The van der Waals surface area contributed by atoms with E-state index in [2.05, 4.69) is 11.8 Å². The van der Waals surface area contributed by atoms with Crippen molar-refractivity contribution in [3.8, 4) is 0 Å². The predicted octanol–water partition coefficient (Wildman–Crippen LogP) is 3.07. The van der Waals surface area contributed by atoms with Gasteiger partial charge in [0.1, 0.15) is 5.82 Å². The van der Waals surface area contributed by atoms with Crippen molar-refractivity contribution in [3.05, 3.63) is 35.6 Å². The quantitative estimate of drug-likeness (QED) is 0.909. The van der Waals surface area contributed by atoms with Gasteiger partial charge in [-0.1, -0.05) is 12.1 Å². The fourth-order valence-electron chi connectivity index (χ4n) is 2.81. The van der Waals surface area contributed by atoms with E-state index >= 15 is 0 Å². The molecule has 3 nitrogen and oxygen atoms in total. The molecule has 0 aromatic heterocycles. The van der Waals surface area contributed by atoms with Crippen molar-refractivity contribution in [2.45, 2.75) is 32.2 Å². The minimum Gasteiger partial charge on any atom is -0.481 e. The number of carboxylic acids is 1. The summed E-state index contributed by atoms with van der Waals surface area (Å²) in [6, 6.07) is 6.77. The SMILES string of the molecule is CC(c1ccc(F)cc1)N1CCCC(CC(=O)O)C1. The highest BCUT2D eigenvalue weighted by atomic mass is 19.1. The van der Waals surface area contributed by atoms with Gasteiger partial charge in [-0.25, -0.2) is 4.39 Å². The number of aliphatic carboxylic acids is 1. The van der Waals surface area contributed by atoms with Crippen molar-refractivity contribution in [2.24, 2.45) is 5.92 Å². The number of nitrogens with zero attached hydrogens (tertiary/aromatic N) is 1. The highest BCUT2D eigenvalue weighted by Crippen LogP contribution is 2.28. The van der Waals surface area contributed by atoms with Crippen LogP contribution in [-0.2, 0) is 4.79 Å². The molecule has 104 valence electrons. The molecule has 1 heterocycles. The van der Waals surface area contributed by atoms with Crippen LogP contribution in [-0.4, -0.2) is 29.1 Å². The van der Waals surface area contributed by atoms with Gasteiger partial charge in [-0.15, -0.1) is 0 Å². The van der Waals surface area contributed by atoms with Crippen LogP contribution in [0, 0.1) is 11.7 Å². The maximum absolute atomic E-state index is 12.9. The van der Waals surface area contributed by atoms with Crippen LogP contribution < -0.4 is 0 Å². The summed E-state index contributed by atoms with van der Waals surface area (Å²) < 4.78 is 12.9. The molecule has 0 radical (unpaired) electrons. The molecule has 0 saturated carbocycles. The van der Waals surface area contributed by atoms with Gasteiger partial charge >= 0.3 is 5.97 Å². The Balaban J connectivity index is 2.00. The molecule has 1 N–H and O–H groups in total. The van der Waals surface area contributed by atoms with Crippen molar-refractivity contribution < 1.29 is 14.3 Å². The van der Waals surface area contributed by atoms with Crippen molar-refractivity contribution in [2.75, 3.05) is 13.1 Å². The molecule has 1 aromatic rings. The number of benzene rings is 1. The van der Waals surface area contributed by atoms with Gasteiger partial charge in [0.2, 0.25) is 0 Å². The van der Waals surface area contributed by atoms with Crippen LogP contribution in [0.1, 0.15) is 37.8 Å². The van der Waals surface area contributed by atoms with Gasteiger partial charge in [-0.2, -0.15) is 0 Å². The molecule has 0 aliphatic carbocycles. The third-order valence-electron chi connectivity index (χ3n) is 3.91. The van der Waals surface area contributed by atoms with E-state index < -0.39 is 5.97 Å². The Labute approximate surface area is 113 Å². The van der Waals surface area contributed by atoms with Crippen LogP contribution in [0.4, 0.5) is 4.39 Å². The number of likely N-dealkylation sites (tertiary alicyclic amines) is 1. The molecular formula is C15H20FNO2. The fourth-order valence-corrected chi connectivity index (χ4v) is 2.81. The van der Waals surface area contributed by atoms with Crippen LogP contribution >= 0.6 is 0 Å². The first-order valence-corrected chi connectivity index (χ1v) is 6.77. The Bertz CT molecular complexity index is 432. The minimum absolute atomic E-state index is 0.206. The Morgan fingerprint density at radius 1 is 1.47 bits per heavy atom. The summed E-state index contributed by atoms with van der Waals surface area (Å²) >= 11 is 0. The Morgan fingerprint density at radius 3 is 2.79 bits per heavy atom. The number of carbonyl (C=O) groups is 1. The molecule has 1 saturated heterocycles. The first-order chi connectivity index (χ1) is 9.06. The van der Waals surface area contributed by atoms with E-state index in [1.165, 1.54) is 12.1 Å². The van der Waals surface area contributed by atoms with Crippen molar-refractivity contribution in [3.63, 3.8) is 0 Å². The van der Waals surface area contributed by atoms with Gasteiger partial charge < -0.3 is 5.11 Å². The van der Waals surface area contributed by atoms with Crippen LogP contribution in [0.25, 0.3) is 0 Å². The van der Waals surface area contributed by atoms with Gasteiger partial charge in [0.15, 0.2) is 0 Å². The lowest BCUT2D eigenvalue weighted by Gasteiger charge is -2.36. The van der Waals surface area contributed by atoms with Gasteiger partial charge in [-0.3, -0.25) is 9.69 Å². The van der Waals surface area contributed by atoms with E-state index in [0.29, 0.717) is 0 Å². The smallest absolute Gasteiger partial charge is 0.303 e. The summed E-state index contributed by atoms with van der Waals surface area (Å²) in [6.45, 7) is 3.88. The van der Waals surface area contributed by atoms with Gasteiger partial charge in [0.25, 0.3) is 0 Å². The lowest BCUT2D eigenvalue weighted by atomic mass is 9.93. The third kappa shape index (κ3) is 3.77. The summed E-state index contributed by atoms with van der Waals surface area (Å²) in [7, 11) is 0. The molecule has 0 bridgehead atoms. The number of piperidine rings is 1. The highest BCUT2D eigenvalue weighted by molar-refractivity contribution is 5.67. The van der Waals surface area contributed by atoms with Gasteiger partial charge in [0.05, 0.1) is 0 Å². The first-order valence-electron chi connectivity index (χ1n) is 6.77. The van der Waals surface area contributed by atoms with E-state index in [0.717, 1.165) is 31.5 Å². The molecule has 2 rings (SSSR count). The zero-order valence-electron chi connectivity index (χ0n) is 11.2. The lowest BCUT2D eigenvalue weighted by Crippen LogP contribution is -2.37. The molecule has 0 spiro atoms. The molecule has 1 aliphatic rings. The molecule has 2 atom stereocenters. The molecule has 1 fully saturated rings. The average Bonchev–Trinajstić information content (AvgIpc) is 2.38. The summed E-state index contributed by atoms with van der Waals surface area (Å²) in [6.07, 6.45) is 2.26. The Morgan fingerprint density at radius 2 is 2.16 bits per heavy atom. The van der Waals surface area contributed by atoms with Crippen molar-refractivity contribution >= 4 is 5.97 Å². The van der Waals surface area contributed by atoms with E-state index in [4.69, 9.17) is 5.11 Å². The zero-order chi connectivity index (χ0) is 13.8. The van der Waals surface area contributed by atoms with E-state index in [9.17, 15) is 9.18 Å². The number of carboxylic acid groups (broad SMARTS) is 1. The number of rotatable bonds is 4. The number of halogens is 1. The Hall–Kier alpha value is -1.42. The molecular weight excluding hydrogens is 245 g/mol. The molecule has 4 heteroatoms. The first kappa shape index (κ1) is 14.0. The highest BCUT2D eigenvalue weighted by Gasteiger charge is 2.25. The molecule has 0 amide bonds. The molecule has 2 unspecified atom stereocenters. The van der Waals surface area contributed by atoms with E-state index in [-0.39, 0.29) is 24.2 Å². The maximum atomic E-state index is 12.9. The van der Waals surface area contributed by atoms with Crippen molar-refractivity contribution in [1.82, 2.24) is 4.90 Å². The average molecular weight is 265 g/mol. The zero-order valence-corrected chi connectivity index (χ0v) is 11.2. The van der Waals surface area contributed by atoms with Gasteiger partial charge in [0, 0.05) is 19.0 Å². The summed E-state index contributed by atoms with van der Waals surface area (Å²) in [5, 5.41) is 8.88. The number of hydrogen-bond acceptors (Lipinski definition) is 2. The van der Waals surface area contributed by atoms with Crippen molar-refractivity contribution in [1.29, 1.82) is 0 Å². The summed E-state index contributed by atoms with van der Waals surface area (Å²) in [5.41, 5.74) is 1.08. The largest absolute Gasteiger partial charge is 0.481 e. The minimum atomic E-state index is -0.721. The topological polar surface area (TPSA) is 40.5 Å². The summed E-state index contributed by atoms with van der Waals surface area (Å²) in [4.78, 5) is 13.1. The standard InChI is InChI=1S/C15H20FNO2/c1-11(13-4-6-14(16)7-5-13)17-8-2-3-12(10-17)9-15(18)19/h4-7,11-12H,2-3,8-10H2,1H3,(H,18,19). The van der Waals surface area contributed by atoms with Crippen LogP contribution in [0.5, 0.6) is 0 Å². The summed E-state index contributed by atoms with van der Waals surface area (Å²) in [5.74, 6) is -0.714. The third-order valence-corrected chi connectivity index (χ3v) is 3.91. The molecule has 1 aliphatic heterocycles. The molecule has 19 heavy (non-hydrogen) atoms. The lowest BCUT2D eigenvalue weighted by molar-refractivity contribution is -0.138. The Kier molecular flexibility index (Phi) is 4.53. The van der Waals surface area contributed by atoms with Crippen LogP contribution in [0.15, 0.2) is 24.3 Å². The maximum Gasteiger partial charge on any atom is 0.303 e. The fraction of sp³-hybridized carbons (Fsp3) is 0.533. The second-order valence-corrected chi connectivity index (χ2v) is 5.33. The van der Waals surface area contributed by atoms with Gasteiger partial charge in [-0.05, 0) is 49.9 Å². The van der Waals surface area contributed by atoms with Crippen LogP contribution in [0.2, 0.25) is 0 Å². The predicted molar refractivity (Wildman–Crippen MR) is 71.4 cm³/mol. The normalized spacial score (nSPS) is 22.1. The number of hydrogen-bond donors (Lipinski definition) is 1.